The molecule has 1 saturated carbocycles. The lowest BCUT2D eigenvalue weighted by Gasteiger charge is -2.06. The number of allylic oxidation sites excluding steroid dienone is 1. The van der Waals surface area contributed by atoms with Crippen LogP contribution in [0.2, 0.25) is 0 Å². The molecule has 9 heavy (non-hydrogen) atoms. The molecule has 2 aliphatic rings. The van der Waals surface area contributed by atoms with E-state index in [0.717, 1.165) is 19.3 Å². The van der Waals surface area contributed by atoms with E-state index >= 15 is 0 Å². The SMILES string of the molecule is OC1(C2=CCCC2)CC1. The summed E-state index contributed by atoms with van der Waals surface area (Å²) in [5, 5.41) is 9.56. The summed E-state index contributed by atoms with van der Waals surface area (Å²) in [6, 6.07) is 0. The van der Waals surface area contributed by atoms with Gasteiger partial charge in [-0.25, -0.2) is 0 Å². The summed E-state index contributed by atoms with van der Waals surface area (Å²) < 4.78 is 0. The summed E-state index contributed by atoms with van der Waals surface area (Å²) >= 11 is 0. The summed E-state index contributed by atoms with van der Waals surface area (Å²) in [5.41, 5.74) is 1.01. The van der Waals surface area contributed by atoms with Crippen LogP contribution in [0.4, 0.5) is 0 Å². The maximum Gasteiger partial charge on any atom is 0.0859 e. The lowest BCUT2D eigenvalue weighted by molar-refractivity contribution is 0.186. The van der Waals surface area contributed by atoms with Gasteiger partial charge in [0.25, 0.3) is 0 Å². The second kappa shape index (κ2) is 1.60. The Morgan fingerprint density at radius 3 is 2.67 bits per heavy atom. The Hall–Kier alpha value is -0.300. The van der Waals surface area contributed by atoms with E-state index in [1.54, 1.807) is 0 Å². The molecule has 2 aliphatic carbocycles. The minimum absolute atomic E-state index is 0.309. The van der Waals surface area contributed by atoms with E-state index in [0.29, 0.717) is 0 Å². The van der Waals surface area contributed by atoms with Crippen molar-refractivity contribution in [3.8, 4) is 0 Å². The quantitative estimate of drug-likeness (QED) is 0.527. The predicted molar refractivity (Wildman–Crippen MR) is 36.1 cm³/mol. The normalized spacial score (nSPS) is 30.1. The first-order chi connectivity index (χ1) is 4.31. The first-order valence-electron chi connectivity index (χ1n) is 3.73. The van der Waals surface area contributed by atoms with Crippen LogP contribution >= 0.6 is 0 Å². The van der Waals surface area contributed by atoms with Crippen molar-refractivity contribution in [1.82, 2.24) is 0 Å². The Labute approximate surface area is 55.4 Å². The van der Waals surface area contributed by atoms with E-state index in [1.807, 2.05) is 0 Å². The van der Waals surface area contributed by atoms with E-state index in [2.05, 4.69) is 6.08 Å². The average molecular weight is 124 g/mol. The highest BCUT2D eigenvalue weighted by Gasteiger charge is 2.43. The summed E-state index contributed by atoms with van der Waals surface area (Å²) in [6.45, 7) is 0. The van der Waals surface area contributed by atoms with Gasteiger partial charge in [-0.05, 0) is 37.7 Å². The topological polar surface area (TPSA) is 20.2 Å². The first-order valence-corrected chi connectivity index (χ1v) is 3.73. The monoisotopic (exact) mass is 124 g/mol. The van der Waals surface area contributed by atoms with Gasteiger partial charge in [0.2, 0.25) is 0 Å². The van der Waals surface area contributed by atoms with Crippen LogP contribution < -0.4 is 0 Å². The van der Waals surface area contributed by atoms with Gasteiger partial charge >= 0.3 is 0 Å². The van der Waals surface area contributed by atoms with Crippen molar-refractivity contribution in [2.45, 2.75) is 37.7 Å². The van der Waals surface area contributed by atoms with Crippen LogP contribution in [0.5, 0.6) is 0 Å². The van der Waals surface area contributed by atoms with Crippen molar-refractivity contribution < 1.29 is 5.11 Å². The molecule has 1 nitrogen and oxygen atoms in total. The third kappa shape index (κ3) is 0.799. The van der Waals surface area contributed by atoms with Crippen LogP contribution in [0, 0.1) is 0 Å². The fraction of sp³-hybridized carbons (Fsp3) is 0.750. The molecule has 0 aromatic carbocycles. The fourth-order valence-corrected chi connectivity index (χ4v) is 1.53. The van der Waals surface area contributed by atoms with E-state index in [4.69, 9.17) is 0 Å². The molecule has 0 spiro atoms. The Morgan fingerprint density at radius 2 is 2.22 bits per heavy atom. The van der Waals surface area contributed by atoms with E-state index in [1.165, 1.54) is 18.4 Å². The molecule has 1 fully saturated rings. The van der Waals surface area contributed by atoms with Crippen LogP contribution in [0.15, 0.2) is 11.6 Å². The predicted octanol–water partition coefficient (Wildman–Crippen LogP) is 1.62. The maximum absolute atomic E-state index is 9.56. The average Bonchev–Trinajstić information content (AvgIpc) is 2.46. The lowest BCUT2D eigenvalue weighted by Crippen LogP contribution is -2.08. The van der Waals surface area contributed by atoms with Crippen molar-refractivity contribution in [2.24, 2.45) is 0 Å². The third-order valence-electron chi connectivity index (χ3n) is 2.36. The molecular formula is C8H12O. The van der Waals surface area contributed by atoms with Gasteiger partial charge in [-0.15, -0.1) is 0 Å². The van der Waals surface area contributed by atoms with Crippen LogP contribution in [-0.2, 0) is 0 Å². The van der Waals surface area contributed by atoms with Gasteiger partial charge in [0.05, 0.1) is 5.60 Å². The maximum atomic E-state index is 9.56. The fourth-order valence-electron chi connectivity index (χ4n) is 1.53. The summed E-state index contributed by atoms with van der Waals surface area (Å²) in [6.07, 6.45) is 7.84. The molecule has 0 bridgehead atoms. The minimum atomic E-state index is -0.309. The zero-order valence-corrected chi connectivity index (χ0v) is 5.56. The third-order valence-corrected chi connectivity index (χ3v) is 2.36. The molecule has 0 aromatic rings. The van der Waals surface area contributed by atoms with Gasteiger partial charge in [0, 0.05) is 0 Å². The zero-order valence-electron chi connectivity index (χ0n) is 5.56. The molecular weight excluding hydrogens is 112 g/mol. The Kier molecular flexibility index (Phi) is 0.974. The molecule has 0 amide bonds. The minimum Gasteiger partial charge on any atom is -0.386 e. The Balaban J connectivity index is 2.12. The summed E-state index contributed by atoms with van der Waals surface area (Å²) in [7, 11) is 0. The highest BCUT2D eigenvalue weighted by molar-refractivity contribution is 5.26. The van der Waals surface area contributed by atoms with Gasteiger partial charge in [0.15, 0.2) is 0 Å². The molecule has 1 N–H and O–H groups in total. The van der Waals surface area contributed by atoms with Gasteiger partial charge in [0.1, 0.15) is 0 Å². The standard InChI is InChI=1S/C8H12O/c9-8(5-6-8)7-3-1-2-4-7/h3,9H,1-2,4-6H2. The number of rotatable bonds is 1. The smallest absolute Gasteiger partial charge is 0.0859 e. The summed E-state index contributed by atoms with van der Waals surface area (Å²) in [4.78, 5) is 0. The Bertz CT molecular complexity index is 154. The highest BCUT2D eigenvalue weighted by Crippen LogP contribution is 2.45. The Morgan fingerprint density at radius 1 is 1.44 bits per heavy atom. The van der Waals surface area contributed by atoms with Crippen molar-refractivity contribution in [1.29, 1.82) is 0 Å². The molecule has 0 saturated heterocycles. The van der Waals surface area contributed by atoms with Crippen molar-refractivity contribution in [3.05, 3.63) is 11.6 Å². The largest absolute Gasteiger partial charge is 0.386 e. The molecule has 0 unspecified atom stereocenters. The zero-order chi connectivity index (χ0) is 6.32. The molecule has 0 aromatic heterocycles. The van der Waals surface area contributed by atoms with Crippen LogP contribution in [0.3, 0.4) is 0 Å². The van der Waals surface area contributed by atoms with Gasteiger partial charge in [-0.3, -0.25) is 0 Å². The van der Waals surface area contributed by atoms with Crippen LogP contribution in [0.25, 0.3) is 0 Å². The first kappa shape index (κ1) is 5.48. The van der Waals surface area contributed by atoms with E-state index < -0.39 is 0 Å². The van der Waals surface area contributed by atoms with Gasteiger partial charge < -0.3 is 5.11 Å². The lowest BCUT2D eigenvalue weighted by atomic mass is 10.1. The molecule has 1 heteroatoms. The molecule has 0 radical (unpaired) electrons. The molecule has 50 valence electrons. The second-order valence-corrected chi connectivity index (χ2v) is 3.15. The second-order valence-electron chi connectivity index (χ2n) is 3.15. The van der Waals surface area contributed by atoms with Crippen molar-refractivity contribution >= 4 is 0 Å². The number of aliphatic hydroxyl groups is 1. The van der Waals surface area contributed by atoms with E-state index in [-0.39, 0.29) is 5.60 Å². The van der Waals surface area contributed by atoms with E-state index in [9.17, 15) is 5.11 Å². The molecule has 2 rings (SSSR count). The summed E-state index contributed by atoms with van der Waals surface area (Å²) in [5.74, 6) is 0. The van der Waals surface area contributed by atoms with Crippen molar-refractivity contribution in [3.63, 3.8) is 0 Å². The van der Waals surface area contributed by atoms with Gasteiger partial charge in [-0.2, -0.15) is 0 Å². The van der Waals surface area contributed by atoms with Crippen LogP contribution in [0.1, 0.15) is 32.1 Å². The number of hydrogen-bond acceptors (Lipinski definition) is 1. The molecule has 0 heterocycles. The number of hydrogen-bond donors (Lipinski definition) is 1. The van der Waals surface area contributed by atoms with Gasteiger partial charge in [-0.1, -0.05) is 6.08 Å². The van der Waals surface area contributed by atoms with Crippen molar-refractivity contribution in [2.75, 3.05) is 0 Å². The molecule has 0 aliphatic heterocycles. The van der Waals surface area contributed by atoms with Crippen LogP contribution in [-0.4, -0.2) is 10.7 Å². The highest BCUT2D eigenvalue weighted by atomic mass is 16.3. The molecule has 0 atom stereocenters.